The van der Waals surface area contributed by atoms with Crippen molar-refractivity contribution in [2.24, 2.45) is 11.7 Å². The quantitative estimate of drug-likeness (QED) is 0.812. The smallest absolute Gasteiger partial charge is 0.134 e. The van der Waals surface area contributed by atoms with E-state index in [1.165, 1.54) is 5.56 Å². The molecule has 1 heterocycles. The number of benzene rings is 1. The van der Waals surface area contributed by atoms with Crippen molar-refractivity contribution < 1.29 is 4.42 Å². The first-order valence-electron chi connectivity index (χ1n) is 5.33. The first kappa shape index (κ1) is 10.2. The van der Waals surface area contributed by atoms with Crippen molar-refractivity contribution in [3.8, 4) is 0 Å². The molecule has 0 unspecified atom stereocenters. The summed E-state index contributed by atoms with van der Waals surface area (Å²) in [5, 5.41) is 1.13. The van der Waals surface area contributed by atoms with Gasteiger partial charge in [-0.25, -0.2) is 0 Å². The van der Waals surface area contributed by atoms with Crippen LogP contribution in [0.15, 0.2) is 28.7 Å². The lowest BCUT2D eigenvalue weighted by Crippen LogP contribution is -2.15. The Bertz CT molecular complexity index is 470. The van der Waals surface area contributed by atoms with Crippen molar-refractivity contribution >= 4 is 11.0 Å². The van der Waals surface area contributed by atoms with Gasteiger partial charge in [-0.1, -0.05) is 26.0 Å². The Morgan fingerprint density at radius 2 is 1.93 bits per heavy atom. The van der Waals surface area contributed by atoms with E-state index in [4.69, 9.17) is 10.2 Å². The maximum Gasteiger partial charge on any atom is 0.134 e. The molecule has 1 aromatic heterocycles. The second-order valence-electron chi connectivity index (χ2n) is 4.46. The Kier molecular flexibility index (Phi) is 2.53. The summed E-state index contributed by atoms with van der Waals surface area (Å²) in [6.45, 7) is 6.26. The molecule has 2 aromatic rings. The van der Waals surface area contributed by atoms with Gasteiger partial charge in [0, 0.05) is 5.39 Å². The topological polar surface area (TPSA) is 39.2 Å². The van der Waals surface area contributed by atoms with Crippen LogP contribution in [0, 0.1) is 12.8 Å². The minimum Gasteiger partial charge on any atom is -0.459 e. The van der Waals surface area contributed by atoms with E-state index in [0.717, 1.165) is 16.7 Å². The molecule has 2 N–H and O–H groups in total. The normalized spacial score (nSPS) is 13.7. The second kappa shape index (κ2) is 3.70. The molecular weight excluding hydrogens is 186 g/mol. The van der Waals surface area contributed by atoms with E-state index in [0.29, 0.717) is 5.92 Å². The van der Waals surface area contributed by atoms with Crippen LogP contribution in [-0.2, 0) is 0 Å². The highest BCUT2D eigenvalue weighted by atomic mass is 16.3. The molecule has 0 saturated heterocycles. The van der Waals surface area contributed by atoms with Crippen molar-refractivity contribution in [3.63, 3.8) is 0 Å². The van der Waals surface area contributed by atoms with Gasteiger partial charge in [-0.3, -0.25) is 0 Å². The molecule has 0 fully saturated rings. The zero-order chi connectivity index (χ0) is 11.0. The SMILES string of the molecule is Cc1ccc2cc([C@@H](N)C(C)C)oc2c1. The van der Waals surface area contributed by atoms with Crippen LogP contribution >= 0.6 is 0 Å². The second-order valence-corrected chi connectivity index (χ2v) is 4.46. The molecular formula is C13H17NO. The van der Waals surface area contributed by atoms with Crippen LogP contribution in [0.4, 0.5) is 0 Å². The predicted molar refractivity (Wildman–Crippen MR) is 62.7 cm³/mol. The minimum atomic E-state index is -0.0160. The van der Waals surface area contributed by atoms with E-state index in [1.54, 1.807) is 0 Å². The van der Waals surface area contributed by atoms with Crippen LogP contribution in [0.3, 0.4) is 0 Å². The molecule has 0 saturated carbocycles. The molecule has 0 aliphatic carbocycles. The highest BCUT2D eigenvalue weighted by Gasteiger charge is 2.15. The van der Waals surface area contributed by atoms with Crippen molar-refractivity contribution in [1.82, 2.24) is 0 Å². The highest BCUT2D eigenvalue weighted by molar-refractivity contribution is 5.78. The van der Waals surface area contributed by atoms with Gasteiger partial charge >= 0.3 is 0 Å². The molecule has 0 aliphatic rings. The number of hydrogen-bond acceptors (Lipinski definition) is 2. The van der Waals surface area contributed by atoms with E-state index >= 15 is 0 Å². The van der Waals surface area contributed by atoms with Gasteiger partial charge in [0.2, 0.25) is 0 Å². The number of hydrogen-bond donors (Lipinski definition) is 1. The maximum absolute atomic E-state index is 6.05. The van der Waals surface area contributed by atoms with Gasteiger partial charge in [-0.05, 0) is 30.5 Å². The fraction of sp³-hybridized carbons (Fsp3) is 0.385. The van der Waals surface area contributed by atoms with Crippen molar-refractivity contribution in [3.05, 3.63) is 35.6 Å². The number of furan rings is 1. The summed E-state index contributed by atoms with van der Waals surface area (Å²) in [5.74, 6) is 1.28. The summed E-state index contributed by atoms with van der Waals surface area (Å²) in [6.07, 6.45) is 0. The number of fused-ring (bicyclic) bond motifs is 1. The lowest BCUT2D eigenvalue weighted by Gasteiger charge is -2.11. The van der Waals surface area contributed by atoms with E-state index in [-0.39, 0.29) is 6.04 Å². The number of rotatable bonds is 2. The number of nitrogens with two attached hydrogens (primary N) is 1. The van der Waals surface area contributed by atoms with Gasteiger partial charge in [0.25, 0.3) is 0 Å². The van der Waals surface area contributed by atoms with E-state index < -0.39 is 0 Å². The zero-order valence-corrected chi connectivity index (χ0v) is 9.45. The molecule has 15 heavy (non-hydrogen) atoms. The lowest BCUT2D eigenvalue weighted by atomic mass is 10.0. The molecule has 0 radical (unpaired) electrons. The van der Waals surface area contributed by atoms with Crippen molar-refractivity contribution in [2.45, 2.75) is 26.8 Å². The molecule has 80 valence electrons. The average molecular weight is 203 g/mol. The molecule has 2 nitrogen and oxygen atoms in total. The molecule has 0 bridgehead atoms. The van der Waals surface area contributed by atoms with Gasteiger partial charge in [0.05, 0.1) is 6.04 Å². The van der Waals surface area contributed by atoms with E-state index in [9.17, 15) is 0 Å². The largest absolute Gasteiger partial charge is 0.459 e. The molecule has 0 aliphatic heterocycles. The standard InChI is InChI=1S/C13H17NO/c1-8(2)13(14)12-7-10-5-4-9(3)6-11(10)15-12/h4-8,13H,14H2,1-3H3/t13-/m0/s1. The van der Waals surface area contributed by atoms with Gasteiger partial charge in [-0.2, -0.15) is 0 Å². The Morgan fingerprint density at radius 1 is 1.20 bits per heavy atom. The Labute approximate surface area is 90.1 Å². The maximum atomic E-state index is 6.05. The van der Waals surface area contributed by atoms with Crippen molar-refractivity contribution in [1.29, 1.82) is 0 Å². The summed E-state index contributed by atoms with van der Waals surface area (Å²) in [4.78, 5) is 0. The molecule has 2 rings (SSSR count). The van der Waals surface area contributed by atoms with Gasteiger partial charge in [-0.15, -0.1) is 0 Å². The predicted octanol–water partition coefficient (Wildman–Crippen LogP) is 3.40. The third kappa shape index (κ3) is 1.90. The van der Waals surface area contributed by atoms with Crippen LogP contribution < -0.4 is 5.73 Å². The summed E-state index contributed by atoms with van der Waals surface area (Å²) in [5.41, 5.74) is 8.19. The van der Waals surface area contributed by atoms with Gasteiger partial charge in [0.15, 0.2) is 0 Å². The molecule has 1 atom stereocenters. The summed E-state index contributed by atoms with van der Waals surface area (Å²) < 4.78 is 5.75. The van der Waals surface area contributed by atoms with Gasteiger partial charge < -0.3 is 10.2 Å². The van der Waals surface area contributed by atoms with Crippen LogP contribution in [0.25, 0.3) is 11.0 Å². The van der Waals surface area contributed by atoms with E-state index in [1.807, 2.05) is 12.1 Å². The lowest BCUT2D eigenvalue weighted by molar-refractivity contribution is 0.418. The van der Waals surface area contributed by atoms with E-state index in [2.05, 4.69) is 32.9 Å². The number of aryl methyl sites for hydroxylation is 1. The zero-order valence-electron chi connectivity index (χ0n) is 9.45. The highest BCUT2D eigenvalue weighted by Crippen LogP contribution is 2.26. The molecule has 2 heteroatoms. The third-order valence-corrected chi connectivity index (χ3v) is 2.74. The molecule has 0 spiro atoms. The third-order valence-electron chi connectivity index (χ3n) is 2.74. The summed E-state index contributed by atoms with van der Waals surface area (Å²) >= 11 is 0. The fourth-order valence-corrected chi connectivity index (χ4v) is 1.65. The van der Waals surface area contributed by atoms with Crippen LogP contribution in [0.1, 0.15) is 31.2 Å². The van der Waals surface area contributed by atoms with Crippen LogP contribution in [0.2, 0.25) is 0 Å². The minimum absolute atomic E-state index is 0.0160. The Morgan fingerprint density at radius 3 is 2.60 bits per heavy atom. The Balaban J connectivity index is 2.47. The first-order valence-corrected chi connectivity index (χ1v) is 5.33. The summed E-state index contributed by atoms with van der Waals surface area (Å²) in [6, 6.07) is 8.23. The molecule has 1 aromatic carbocycles. The van der Waals surface area contributed by atoms with Crippen LogP contribution in [0.5, 0.6) is 0 Å². The first-order chi connectivity index (χ1) is 7.08. The van der Waals surface area contributed by atoms with Crippen LogP contribution in [-0.4, -0.2) is 0 Å². The van der Waals surface area contributed by atoms with Crippen molar-refractivity contribution in [2.75, 3.05) is 0 Å². The Hall–Kier alpha value is -1.28. The summed E-state index contributed by atoms with van der Waals surface area (Å²) in [7, 11) is 0. The fourth-order valence-electron chi connectivity index (χ4n) is 1.65. The monoisotopic (exact) mass is 203 g/mol. The average Bonchev–Trinajstić information content (AvgIpc) is 2.58. The molecule has 0 amide bonds. The van der Waals surface area contributed by atoms with Gasteiger partial charge in [0.1, 0.15) is 11.3 Å².